The molecule has 0 amide bonds. The van der Waals surface area contributed by atoms with Gasteiger partial charge in [-0.05, 0) is 24.6 Å². The van der Waals surface area contributed by atoms with E-state index in [9.17, 15) is 9.50 Å². The third-order valence-corrected chi connectivity index (χ3v) is 2.43. The number of hydrogen-bond acceptors (Lipinski definition) is 3. The summed E-state index contributed by atoms with van der Waals surface area (Å²) < 4.78 is 23.5. The summed E-state index contributed by atoms with van der Waals surface area (Å²) in [5.74, 6) is 0.115. The molecular formula is C13H19FO3. The second kappa shape index (κ2) is 7.25. The molecule has 0 aliphatic heterocycles. The second-order valence-electron chi connectivity index (χ2n) is 3.80. The van der Waals surface area contributed by atoms with Crippen LogP contribution < -0.4 is 4.74 Å². The molecule has 0 aliphatic rings. The molecule has 0 saturated heterocycles. The zero-order valence-electron chi connectivity index (χ0n) is 10.3. The normalized spacial score (nSPS) is 12.5. The number of rotatable bonds is 7. The van der Waals surface area contributed by atoms with Gasteiger partial charge >= 0.3 is 0 Å². The average Bonchev–Trinajstić information content (AvgIpc) is 2.34. The van der Waals surface area contributed by atoms with Gasteiger partial charge in [-0.15, -0.1) is 0 Å². The van der Waals surface area contributed by atoms with Crippen molar-refractivity contribution in [2.24, 2.45) is 0 Å². The van der Waals surface area contributed by atoms with Crippen molar-refractivity contribution in [1.82, 2.24) is 0 Å². The van der Waals surface area contributed by atoms with Gasteiger partial charge in [0, 0.05) is 25.2 Å². The molecule has 1 aromatic rings. The number of methoxy groups -OCH3 is 1. The lowest BCUT2D eigenvalue weighted by Gasteiger charge is -2.14. The lowest BCUT2D eigenvalue weighted by atomic mass is 10.1. The molecule has 1 atom stereocenters. The first-order chi connectivity index (χ1) is 8.19. The highest BCUT2D eigenvalue weighted by molar-refractivity contribution is 5.35. The largest absolute Gasteiger partial charge is 0.496 e. The Bertz CT molecular complexity index is 341. The molecule has 1 N–H and O–H groups in total. The van der Waals surface area contributed by atoms with Crippen LogP contribution in [0.4, 0.5) is 4.39 Å². The summed E-state index contributed by atoms with van der Waals surface area (Å²) in [5, 5.41) is 9.93. The summed E-state index contributed by atoms with van der Waals surface area (Å²) in [6.07, 6.45) is 0.608. The molecule has 0 heterocycles. The van der Waals surface area contributed by atoms with Crippen molar-refractivity contribution in [3.63, 3.8) is 0 Å². The fourth-order valence-corrected chi connectivity index (χ4v) is 1.56. The number of halogens is 1. The van der Waals surface area contributed by atoms with Crippen molar-refractivity contribution in [2.45, 2.75) is 25.9 Å². The van der Waals surface area contributed by atoms with Crippen LogP contribution in [0, 0.1) is 5.82 Å². The Labute approximate surface area is 101 Å². The molecular weight excluding hydrogens is 223 g/mol. The number of aliphatic hydroxyl groups excluding tert-OH is 1. The van der Waals surface area contributed by atoms with Crippen LogP contribution in [0.15, 0.2) is 18.2 Å². The Morgan fingerprint density at radius 1 is 1.35 bits per heavy atom. The van der Waals surface area contributed by atoms with Gasteiger partial charge in [0.2, 0.25) is 0 Å². The second-order valence-corrected chi connectivity index (χ2v) is 3.80. The van der Waals surface area contributed by atoms with Crippen LogP contribution in [0.25, 0.3) is 0 Å². The molecule has 0 saturated carbocycles. The minimum atomic E-state index is -0.766. The molecule has 17 heavy (non-hydrogen) atoms. The van der Waals surface area contributed by atoms with Crippen LogP contribution in [-0.4, -0.2) is 25.4 Å². The molecule has 0 bridgehead atoms. The fraction of sp³-hybridized carbons (Fsp3) is 0.538. The lowest BCUT2D eigenvalue weighted by molar-refractivity contribution is 0.0809. The number of aliphatic hydroxyl groups is 1. The Kier molecular flexibility index (Phi) is 5.94. The maximum atomic E-state index is 13.1. The molecule has 1 unspecified atom stereocenters. The minimum Gasteiger partial charge on any atom is -0.496 e. The van der Waals surface area contributed by atoms with E-state index in [1.165, 1.54) is 25.3 Å². The highest BCUT2D eigenvalue weighted by Crippen LogP contribution is 2.27. The van der Waals surface area contributed by atoms with Crippen molar-refractivity contribution >= 4 is 0 Å². The van der Waals surface area contributed by atoms with Crippen LogP contribution in [0.3, 0.4) is 0 Å². The van der Waals surface area contributed by atoms with Gasteiger partial charge in [-0.1, -0.05) is 6.92 Å². The van der Waals surface area contributed by atoms with Crippen molar-refractivity contribution in [3.05, 3.63) is 29.6 Å². The third kappa shape index (κ3) is 4.32. The van der Waals surface area contributed by atoms with Gasteiger partial charge in [0.25, 0.3) is 0 Å². The molecule has 1 rings (SSSR count). The molecule has 96 valence electrons. The molecule has 1 aromatic carbocycles. The van der Waals surface area contributed by atoms with Crippen LogP contribution in [0.5, 0.6) is 5.75 Å². The summed E-state index contributed by atoms with van der Waals surface area (Å²) >= 11 is 0. The average molecular weight is 242 g/mol. The van der Waals surface area contributed by atoms with Gasteiger partial charge in [0.05, 0.1) is 13.2 Å². The molecule has 3 nitrogen and oxygen atoms in total. The topological polar surface area (TPSA) is 38.7 Å². The van der Waals surface area contributed by atoms with E-state index in [0.29, 0.717) is 30.9 Å². The number of benzene rings is 1. The fourth-order valence-electron chi connectivity index (χ4n) is 1.56. The summed E-state index contributed by atoms with van der Waals surface area (Å²) in [6, 6.07) is 4.12. The van der Waals surface area contributed by atoms with E-state index in [4.69, 9.17) is 9.47 Å². The van der Waals surface area contributed by atoms with E-state index < -0.39 is 6.10 Å². The predicted octanol–water partition coefficient (Wildman–Crippen LogP) is 2.68. The summed E-state index contributed by atoms with van der Waals surface area (Å²) in [6.45, 7) is 3.15. The van der Waals surface area contributed by atoms with Crippen LogP contribution in [0.2, 0.25) is 0 Å². The first kappa shape index (κ1) is 13.9. The minimum absolute atomic E-state index is 0.380. The van der Waals surface area contributed by atoms with E-state index in [-0.39, 0.29) is 5.82 Å². The highest BCUT2D eigenvalue weighted by Gasteiger charge is 2.14. The molecule has 0 fully saturated rings. The van der Waals surface area contributed by atoms with Crippen molar-refractivity contribution in [2.75, 3.05) is 20.3 Å². The zero-order chi connectivity index (χ0) is 12.7. The van der Waals surface area contributed by atoms with Gasteiger partial charge in [0.15, 0.2) is 0 Å². The SMILES string of the molecule is CCCOCCC(O)c1cc(F)ccc1OC. The smallest absolute Gasteiger partial charge is 0.124 e. The summed E-state index contributed by atoms with van der Waals surface area (Å²) in [7, 11) is 1.50. The predicted molar refractivity (Wildman–Crippen MR) is 63.6 cm³/mol. The maximum absolute atomic E-state index is 13.1. The van der Waals surface area contributed by atoms with Crippen molar-refractivity contribution < 1.29 is 19.0 Å². The molecule has 0 aliphatic carbocycles. The highest BCUT2D eigenvalue weighted by atomic mass is 19.1. The lowest BCUT2D eigenvalue weighted by Crippen LogP contribution is -2.06. The molecule has 4 heteroatoms. The Morgan fingerprint density at radius 2 is 2.12 bits per heavy atom. The van der Waals surface area contributed by atoms with E-state index in [1.54, 1.807) is 0 Å². The molecule has 0 aromatic heterocycles. The molecule has 0 radical (unpaired) electrons. The zero-order valence-corrected chi connectivity index (χ0v) is 10.3. The molecule has 0 spiro atoms. The van der Waals surface area contributed by atoms with Gasteiger partial charge in [-0.3, -0.25) is 0 Å². The monoisotopic (exact) mass is 242 g/mol. The van der Waals surface area contributed by atoms with Crippen molar-refractivity contribution in [1.29, 1.82) is 0 Å². The van der Waals surface area contributed by atoms with Crippen LogP contribution in [-0.2, 0) is 4.74 Å². The summed E-state index contributed by atoms with van der Waals surface area (Å²) in [4.78, 5) is 0. The maximum Gasteiger partial charge on any atom is 0.124 e. The Balaban J connectivity index is 2.60. The van der Waals surface area contributed by atoms with Gasteiger partial charge < -0.3 is 14.6 Å². The Morgan fingerprint density at radius 3 is 2.76 bits per heavy atom. The van der Waals surface area contributed by atoms with E-state index in [0.717, 1.165) is 6.42 Å². The quantitative estimate of drug-likeness (QED) is 0.747. The van der Waals surface area contributed by atoms with Crippen LogP contribution >= 0.6 is 0 Å². The van der Waals surface area contributed by atoms with Gasteiger partial charge in [-0.2, -0.15) is 0 Å². The van der Waals surface area contributed by atoms with E-state index in [1.807, 2.05) is 6.92 Å². The number of ether oxygens (including phenoxy) is 2. The standard InChI is InChI=1S/C13H19FO3/c1-3-7-17-8-6-12(15)11-9-10(14)4-5-13(11)16-2/h4-5,9,12,15H,3,6-8H2,1-2H3. The third-order valence-electron chi connectivity index (χ3n) is 2.43. The van der Waals surface area contributed by atoms with Crippen LogP contribution in [0.1, 0.15) is 31.4 Å². The van der Waals surface area contributed by atoms with Gasteiger partial charge in [-0.25, -0.2) is 4.39 Å². The van der Waals surface area contributed by atoms with E-state index >= 15 is 0 Å². The first-order valence-electron chi connectivity index (χ1n) is 5.78. The van der Waals surface area contributed by atoms with Gasteiger partial charge in [0.1, 0.15) is 11.6 Å². The summed E-state index contributed by atoms with van der Waals surface area (Å²) in [5.41, 5.74) is 0.465. The van der Waals surface area contributed by atoms with Crippen molar-refractivity contribution in [3.8, 4) is 5.75 Å². The first-order valence-corrected chi connectivity index (χ1v) is 5.78. The van der Waals surface area contributed by atoms with E-state index in [2.05, 4.69) is 0 Å². The Hall–Kier alpha value is -1.13. The number of hydrogen-bond donors (Lipinski definition) is 1.